The number of ether oxygens (including phenoxy) is 1. The second-order valence-corrected chi connectivity index (χ2v) is 3.50. The van der Waals surface area contributed by atoms with Gasteiger partial charge >= 0.3 is 11.9 Å². The largest absolute Gasteiger partial charge is 0.479 e. The Labute approximate surface area is 86.5 Å². The van der Waals surface area contributed by atoms with E-state index in [1.807, 2.05) is 0 Å². The second-order valence-electron chi connectivity index (χ2n) is 3.50. The van der Waals surface area contributed by atoms with Gasteiger partial charge < -0.3 is 9.84 Å². The zero-order valence-electron chi connectivity index (χ0n) is 8.72. The van der Waals surface area contributed by atoms with Gasteiger partial charge in [-0.1, -0.05) is 0 Å². The van der Waals surface area contributed by atoms with Crippen LogP contribution >= 0.6 is 0 Å². The van der Waals surface area contributed by atoms with E-state index in [4.69, 9.17) is 5.11 Å². The Bertz CT molecular complexity index is 395. The SMILES string of the molecule is COC(=O)c1ccn(C(C)(C)C(=O)O)n1. The molecule has 1 rings (SSSR count). The molecule has 15 heavy (non-hydrogen) atoms. The molecule has 1 aromatic rings. The number of carboxylic acids is 1. The highest BCUT2D eigenvalue weighted by molar-refractivity contribution is 5.87. The Morgan fingerprint density at radius 3 is 2.60 bits per heavy atom. The van der Waals surface area contributed by atoms with E-state index in [9.17, 15) is 9.59 Å². The number of carbonyl (C=O) groups is 2. The van der Waals surface area contributed by atoms with Crippen LogP contribution in [0.3, 0.4) is 0 Å². The molecule has 0 aliphatic heterocycles. The van der Waals surface area contributed by atoms with Crippen molar-refractivity contribution in [2.75, 3.05) is 7.11 Å². The van der Waals surface area contributed by atoms with Crippen LogP contribution in [0, 0.1) is 0 Å². The van der Waals surface area contributed by atoms with Gasteiger partial charge in [-0.25, -0.2) is 9.59 Å². The number of carbonyl (C=O) groups excluding carboxylic acids is 1. The smallest absolute Gasteiger partial charge is 0.358 e. The molecule has 0 saturated heterocycles. The maximum absolute atomic E-state index is 11.1. The zero-order valence-corrected chi connectivity index (χ0v) is 8.72. The quantitative estimate of drug-likeness (QED) is 0.737. The molecule has 0 atom stereocenters. The third-order valence-electron chi connectivity index (χ3n) is 2.08. The monoisotopic (exact) mass is 212 g/mol. The van der Waals surface area contributed by atoms with Gasteiger partial charge in [0.2, 0.25) is 0 Å². The minimum absolute atomic E-state index is 0.0897. The van der Waals surface area contributed by atoms with Crippen LogP contribution in [0.5, 0.6) is 0 Å². The summed E-state index contributed by atoms with van der Waals surface area (Å²) >= 11 is 0. The number of hydrogen-bond acceptors (Lipinski definition) is 4. The Kier molecular flexibility index (Phi) is 2.78. The molecule has 82 valence electrons. The van der Waals surface area contributed by atoms with Gasteiger partial charge in [0, 0.05) is 6.20 Å². The summed E-state index contributed by atoms with van der Waals surface area (Å²) in [6, 6.07) is 1.41. The topological polar surface area (TPSA) is 81.4 Å². The molecule has 0 bridgehead atoms. The molecule has 0 aliphatic rings. The number of aliphatic carboxylic acids is 1. The average Bonchev–Trinajstić information content (AvgIpc) is 2.65. The number of aromatic nitrogens is 2. The van der Waals surface area contributed by atoms with Crippen molar-refractivity contribution in [2.45, 2.75) is 19.4 Å². The number of hydrogen-bond donors (Lipinski definition) is 1. The van der Waals surface area contributed by atoms with E-state index in [1.165, 1.54) is 37.9 Å². The highest BCUT2D eigenvalue weighted by atomic mass is 16.5. The summed E-state index contributed by atoms with van der Waals surface area (Å²) in [6.07, 6.45) is 1.43. The summed E-state index contributed by atoms with van der Waals surface area (Å²) in [7, 11) is 1.24. The number of esters is 1. The van der Waals surface area contributed by atoms with Crippen LogP contribution in [0.1, 0.15) is 24.3 Å². The first-order valence-electron chi connectivity index (χ1n) is 4.27. The number of rotatable bonds is 3. The van der Waals surface area contributed by atoms with Crippen molar-refractivity contribution in [1.82, 2.24) is 9.78 Å². The van der Waals surface area contributed by atoms with Crippen LogP contribution in [0.2, 0.25) is 0 Å². The standard InChI is InChI=1S/C9H12N2O4/c1-9(2,8(13)14)11-5-4-6(10-11)7(12)15-3/h4-5H,1-3H3,(H,13,14). The van der Waals surface area contributed by atoms with E-state index in [0.29, 0.717) is 0 Å². The summed E-state index contributed by atoms with van der Waals surface area (Å²) in [5, 5.41) is 12.8. The third-order valence-corrected chi connectivity index (χ3v) is 2.08. The van der Waals surface area contributed by atoms with Crippen molar-refractivity contribution >= 4 is 11.9 Å². The molecular weight excluding hydrogens is 200 g/mol. The fourth-order valence-electron chi connectivity index (χ4n) is 0.947. The first-order valence-corrected chi connectivity index (χ1v) is 4.27. The summed E-state index contributed by atoms with van der Waals surface area (Å²) in [6.45, 7) is 2.98. The van der Waals surface area contributed by atoms with Gasteiger partial charge in [0.25, 0.3) is 0 Å². The van der Waals surface area contributed by atoms with Gasteiger partial charge in [-0.05, 0) is 19.9 Å². The van der Waals surface area contributed by atoms with Gasteiger partial charge in [-0.15, -0.1) is 0 Å². The predicted molar refractivity (Wildman–Crippen MR) is 50.5 cm³/mol. The fourth-order valence-corrected chi connectivity index (χ4v) is 0.947. The molecule has 0 fully saturated rings. The normalized spacial score (nSPS) is 11.1. The molecule has 1 heterocycles. The Morgan fingerprint density at radius 2 is 2.13 bits per heavy atom. The zero-order chi connectivity index (χ0) is 11.6. The molecule has 0 aliphatic carbocycles. The van der Waals surface area contributed by atoms with Crippen LogP contribution in [-0.2, 0) is 15.1 Å². The molecule has 0 radical (unpaired) electrons. The molecule has 0 spiro atoms. The van der Waals surface area contributed by atoms with Crippen molar-refractivity contribution < 1.29 is 19.4 Å². The van der Waals surface area contributed by atoms with E-state index in [1.54, 1.807) is 0 Å². The second kappa shape index (κ2) is 3.72. The first kappa shape index (κ1) is 11.2. The van der Waals surface area contributed by atoms with E-state index < -0.39 is 17.5 Å². The molecule has 0 aromatic carbocycles. The number of nitrogens with zero attached hydrogens (tertiary/aromatic N) is 2. The van der Waals surface area contributed by atoms with Crippen LogP contribution < -0.4 is 0 Å². The lowest BCUT2D eigenvalue weighted by atomic mass is 10.1. The maximum atomic E-state index is 11.1. The lowest BCUT2D eigenvalue weighted by Crippen LogP contribution is -2.36. The molecule has 1 aromatic heterocycles. The maximum Gasteiger partial charge on any atom is 0.358 e. The number of carboxylic acid groups (broad SMARTS) is 1. The summed E-state index contributed by atoms with van der Waals surface area (Å²) < 4.78 is 5.67. The van der Waals surface area contributed by atoms with Gasteiger partial charge in [-0.2, -0.15) is 5.10 Å². The molecule has 0 unspecified atom stereocenters. The minimum Gasteiger partial charge on any atom is -0.479 e. The van der Waals surface area contributed by atoms with E-state index in [0.717, 1.165) is 0 Å². The first-order chi connectivity index (χ1) is 6.89. The van der Waals surface area contributed by atoms with Crippen molar-refractivity contribution in [3.8, 4) is 0 Å². The molecule has 1 N–H and O–H groups in total. The third kappa shape index (κ3) is 1.98. The summed E-state index contributed by atoms with van der Waals surface area (Å²) in [5.41, 5.74) is -1.10. The molecule has 6 heteroatoms. The highest BCUT2D eigenvalue weighted by Gasteiger charge is 2.30. The lowest BCUT2D eigenvalue weighted by Gasteiger charge is -2.19. The highest BCUT2D eigenvalue weighted by Crippen LogP contribution is 2.14. The van der Waals surface area contributed by atoms with E-state index >= 15 is 0 Å². The fraction of sp³-hybridized carbons (Fsp3) is 0.444. The van der Waals surface area contributed by atoms with E-state index in [-0.39, 0.29) is 5.69 Å². The van der Waals surface area contributed by atoms with Gasteiger partial charge in [0.05, 0.1) is 7.11 Å². The Balaban J connectivity index is 3.04. The van der Waals surface area contributed by atoms with Crippen LogP contribution in [-0.4, -0.2) is 33.9 Å². The average molecular weight is 212 g/mol. The molecule has 0 saturated carbocycles. The van der Waals surface area contributed by atoms with Crippen molar-refractivity contribution in [1.29, 1.82) is 0 Å². The lowest BCUT2D eigenvalue weighted by molar-refractivity contribution is -0.146. The number of methoxy groups -OCH3 is 1. The van der Waals surface area contributed by atoms with Gasteiger partial charge in [-0.3, -0.25) is 4.68 Å². The molecule has 0 amide bonds. The van der Waals surface area contributed by atoms with Gasteiger partial charge in [0.15, 0.2) is 11.2 Å². The predicted octanol–water partition coefficient (Wildman–Crippen LogP) is 0.489. The van der Waals surface area contributed by atoms with Crippen LogP contribution in [0.15, 0.2) is 12.3 Å². The van der Waals surface area contributed by atoms with Crippen molar-refractivity contribution in [3.63, 3.8) is 0 Å². The minimum atomic E-state index is -1.19. The van der Waals surface area contributed by atoms with Crippen molar-refractivity contribution in [2.24, 2.45) is 0 Å². The summed E-state index contributed by atoms with van der Waals surface area (Å²) in [5.74, 6) is -1.61. The summed E-state index contributed by atoms with van der Waals surface area (Å²) in [4.78, 5) is 22.0. The van der Waals surface area contributed by atoms with Crippen LogP contribution in [0.25, 0.3) is 0 Å². The van der Waals surface area contributed by atoms with Crippen LogP contribution in [0.4, 0.5) is 0 Å². The van der Waals surface area contributed by atoms with Crippen molar-refractivity contribution in [3.05, 3.63) is 18.0 Å². The molecule has 6 nitrogen and oxygen atoms in total. The van der Waals surface area contributed by atoms with E-state index in [2.05, 4.69) is 9.84 Å². The Morgan fingerprint density at radius 1 is 1.53 bits per heavy atom. The Hall–Kier alpha value is -1.85. The van der Waals surface area contributed by atoms with Gasteiger partial charge in [0.1, 0.15) is 0 Å². The molecular formula is C9H12N2O4.